The fourth-order valence-electron chi connectivity index (χ4n) is 4.21. The quantitative estimate of drug-likeness (QED) is 0.864. The summed E-state index contributed by atoms with van der Waals surface area (Å²) in [5, 5.41) is 3.12. The topological polar surface area (TPSA) is 49.4 Å². The third-order valence-corrected chi connectivity index (χ3v) is 5.99. The molecule has 1 aromatic carbocycles. The molecule has 1 saturated carbocycles. The molecule has 1 saturated heterocycles. The Bertz CT molecular complexity index is 597. The molecule has 142 valence electrons. The average molecular weight is 357 g/mol. The van der Waals surface area contributed by atoms with Crippen molar-refractivity contribution in [3.8, 4) is 0 Å². The van der Waals surface area contributed by atoms with Crippen molar-refractivity contribution in [3.05, 3.63) is 35.4 Å². The fourth-order valence-corrected chi connectivity index (χ4v) is 4.21. The minimum Gasteiger partial charge on any atom is -0.349 e. The van der Waals surface area contributed by atoms with Gasteiger partial charge >= 0.3 is 0 Å². The van der Waals surface area contributed by atoms with E-state index in [4.69, 9.17) is 0 Å². The number of nitrogens with one attached hydrogen (secondary N) is 1. The molecule has 0 bridgehead atoms. The van der Waals surface area contributed by atoms with Crippen LogP contribution in [-0.4, -0.2) is 35.8 Å². The van der Waals surface area contributed by atoms with Gasteiger partial charge in [-0.3, -0.25) is 9.59 Å². The standard InChI is InChI=1S/C22H32N2O2/c1-17-7-10-19(11-8-17)22(26)23-20-13-15-24(16-14-20)21(25)12-9-18-5-3-2-4-6-18/h7-8,10-11,18,20H,2-6,9,12-16H2,1H3,(H,23,26). The summed E-state index contributed by atoms with van der Waals surface area (Å²) < 4.78 is 0. The van der Waals surface area contributed by atoms with Crippen LogP contribution in [0.4, 0.5) is 0 Å². The second-order valence-corrected chi connectivity index (χ2v) is 8.04. The molecule has 0 radical (unpaired) electrons. The van der Waals surface area contributed by atoms with Crippen LogP contribution in [0.25, 0.3) is 0 Å². The molecule has 4 nitrogen and oxygen atoms in total. The molecule has 0 aromatic heterocycles. The molecule has 26 heavy (non-hydrogen) atoms. The molecule has 1 N–H and O–H groups in total. The number of carbonyl (C=O) groups is 2. The summed E-state index contributed by atoms with van der Waals surface area (Å²) in [7, 11) is 0. The second kappa shape index (κ2) is 9.20. The molecule has 2 fully saturated rings. The SMILES string of the molecule is Cc1ccc(C(=O)NC2CCN(C(=O)CCC3CCCCC3)CC2)cc1. The van der Waals surface area contributed by atoms with E-state index in [9.17, 15) is 9.59 Å². The van der Waals surface area contributed by atoms with Crippen LogP contribution >= 0.6 is 0 Å². The highest BCUT2D eigenvalue weighted by atomic mass is 16.2. The molecule has 0 spiro atoms. The summed E-state index contributed by atoms with van der Waals surface area (Å²) in [5.41, 5.74) is 1.86. The van der Waals surface area contributed by atoms with Crippen LogP contribution < -0.4 is 5.32 Å². The summed E-state index contributed by atoms with van der Waals surface area (Å²) in [6.07, 6.45) is 10.1. The summed E-state index contributed by atoms with van der Waals surface area (Å²) in [4.78, 5) is 26.8. The first-order valence-electron chi connectivity index (χ1n) is 10.3. The third-order valence-electron chi connectivity index (χ3n) is 5.99. The molecule has 1 aromatic rings. The van der Waals surface area contributed by atoms with Gasteiger partial charge in [-0.2, -0.15) is 0 Å². The van der Waals surface area contributed by atoms with E-state index in [-0.39, 0.29) is 11.9 Å². The number of hydrogen-bond donors (Lipinski definition) is 1. The van der Waals surface area contributed by atoms with Crippen molar-refractivity contribution in [3.63, 3.8) is 0 Å². The molecule has 0 unspecified atom stereocenters. The largest absolute Gasteiger partial charge is 0.349 e. The lowest BCUT2D eigenvalue weighted by atomic mass is 9.86. The number of piperidine rings is 1. The molecule has 1 aliphatic carbocycles. The Morgan fingerprint density at radius 2 is 1.65 bits per heavy atom. The Hall–Kier alpha value is -1.84. The predicted molar refractivity (Wildman–Crippen MR) is 104 cm³/mol. The van der Waals surface area contributed by atoms with E-state index < -0.39 is 0 Å². The normalized spacial score (nSPS) is 19.3. The van der Waals surface area contributed by atoms with Gasteiger partial charge in [0.25, 0.3) is 5.91 Å². The minimum absolute atomic E-state index is 0.00734. The lowest BCUT2D eigenvalue weighted by molar-refractivity contribution is -0.132. The van der Waals surface area contributed by atoms with Gasteiger partial charge in [0.2, 0.25) is 5.91 Å². The van der Waals surface area contributed by atoms with Crippen molar-refractivity contribution in [2.45, 2.75) is 70.8 Å². The van der Waals surface area contributed by atoms with Crippen molar-refractivity contribution >= 4 is 11.8 Å². The summed E-state index contributed by atoms with van der Waals surface area (Å²) in [5.74, 6) is 1.06. The van der Waals surface area contributed by atoms with E-state index in [1.54, 1.807) is 0 Å². The first-order valence-corrected chi connectivity index (χ1v) is 10.3. The molecule has 2 amide bonds. The predicted octanol–water partition coefficient (Wildman–Crippen LogP) is 4.08. The minimum atomic E-state index is -0.00734. The molecule has 0 atom stereocenters. The Balaban J connectivity index is 1.38. The lowest BCUT2D eigenvalue weighted by Gasteiger charge is -2.33. The van der Waals surface area contributed by atoms with Gasteiger partial charge in [0.1, 0.15) is 0 Å². The summed E-state index contributed by atoms with van der Waals surface area (Å²) >= 11 is 0. The molecule has 3 rings (SSSR count). The van der Waals surface area contributed by atoms with Crippen molar-refractivity contribution < 1.29 is 9.59 Å². The number of aryl methyl sites for hydroxylation is 1. The zero-order valence-corrected chi connectivity index (χ0v) is 16.0. The molecule has 4 heteroatoms. The molecule has 1 aliphatic heterocycles. The zero-order valence-electron chi connectivity index (χ0n) is 16.0. The number of nitrogens with zero attached hydrogens (tertiary/aromatic N) is 1. The highest BCUT2D eigenvalue weighted by Crippen LogP contribution is 2.27. The van der Waals surface area contributed by atoms with Gasteiger partial charge in [0.15, 0.2) is 0 Å². The van der Waals surface area contributed by atoms with Crippen LogP contribution in [0.1, 0.15) is 73.7 Å². The average Bonchev–Trinajstić information content (AvgIpc) is 2.68. The van der Waals surface area contributed by atoms with Crippen molar-refractivity contribution in [1.82, 2.24) is 10.2 Å². The lowest BCUT2D eigenvalue weighted by Crippen LogP contribution is -2.46. The second-order valence-electron chi connectivity index (χ2n) is 8.04. The van der Waals surface area contributed by atoms with Crippen molar-refractivity contribution in [2.75, 3.05) is 13.1 Å². The van der Waals surface area contributed by atoms with Crippen molar-refractivity contribution in [2.24, 2.45) is 5.92 Å². The summed E-state index contributed by atoms with van der Waals surface area (Å²) in [6, 6.07) is 7.83. The fraction of sp³-hybridized carbons (Fsp3) is 0.636. The van der Waals surface area contributed by atoms with E-state index in [0.29, 0.717) is 17.9 Å². The molecule has 1 heterocycles. The van der Waals surface area contributed by atoms with Gasteiger partial charge < -0.3 is 10.2 Å². The van der Waals surface area contributed by atoms with Crippen LogP contribution in [0, 0.1) is 12.8 Å². The maximum atomic E-state index is 12.5. The van der Waals surface area contributed by atoms with E-state index in [1.165, 1.54) is 32.1 Å². The smallest absolute Gasteiger partial charge is 0.251 e. The highest BCUT2D eigenvalue weighted by molar-refractivity contribution is 5.94. The maximum Gasteiger partial charge on any atom is 0.251 e. The van der Waals surface area contributed by atoms with Crippen LogP contribution in [-0.2, 0) is 4.79 Å². The maximum absolute atomic E-state index is 12.5. The zero-order chi connectivity index (χ0) is 18.4. The third kappa shape index (κ3) is 5.33. The molecular weight excluding hydrogens is 324 g/mol. The first-order chi connectivity index (χ1) is 12.6. The van der Waals surface area contributed by atoms with Gasteiger partial charge in [-0.15, -0.1) is 0 Å². The van der Waals surface area contributed by atoms with E-state index >= 15 is 0 Å². The number of amides is 2. The van der Waals surface area contributed by atoms with Gasteiger partial charge in [-0.05, 0) is 44.2 Å². The van der Waals surface area contributed by atoms with Gasteiger partial charge in [-0.25, -0.2) is 0 Å². The highest BCUT2D eigenvalue weighted by Gasteiger charge is 2.24. The number of hydrogen-bond acceptors (Lipinski definition) is 2. The Labute approximate surface area is 157 Å². The summed E-state index contributed by atoms with van der Waals surface area (Å²) in [6.45, 7) is 3.55. The van der Waals surface area contributed by atoms with Crippen LogP contribution in [0.3, 0.4) is 0 Å². The van der Waals surface area contributed by atoms with E-state index in [0.717, 1.165) is 43.8 Å². The number of benzene rings is 1. The van der Waals surface area contributed by atoms with Crippen LogP contribution in [0.2, 0.25) is 0 Å². The molecular formula is C22H32N2O2. The van der Waals surface area contributed by atoms with Gasteiger partial charge in [0, 0.05) is 31.1 Å². The Morgan fingerprint density at radius 1 is 1.00 bits per heavy atom. The van der Waals surface area contributed by atoms with E-state index in [2.05, 4.69) is 5.32 Å². The van der Waals surface area contributed by atoms with Crippen LogP contribution in [0.5, 0.6) is 0 Å². The number of carbonyl (C=O) groups excluding carboxylic acids is 2. The monoisotopic (exact) mass is 356 g/mol. The van der Waals surface area contributed by atoms with Crippen molar-refractivity contribution in [1.29, 1.82) is 0 Å². The van der Waals surface area contributed by atoms with E-state index in [1.807, 2.05) is 36.1 Å². The van der Waals surface area contributed by atoms with Gasteiger partial charge in [0.05, 0.1) is 0 Å². The number of rotatable bonds is 5. The Morgan fingerprint density at radius 3 is 2.31 bits per heavy atom. The molecule has 2 aliphatic rings. The van der Waals surface area contributed by atoms with Gasteiger partial charge in [-0.1, -0.05) is 49.8 Å². The first kappa shape index (κ1) is 18.9. The Kier molecular flexibility index (Phi) is 6.70. The van der Waals surface area contributed by atoms with Crippen LogP contribution in [0.15, 0.2) is 24.3 Å². The number of likely N-dealkylation sites (tertiary alicyclic amines) is 1.